The van der Waals surface area contributed by atoms with E-state index in [0.29, 0.717) is 11.3 Å². The van der Waals surface area contributed by atoms with E-state index in [1.54, 1.807) is 37.4 Å². The molecule has 170 valence electrons. The van der Waals surface area contributed by atoms with Crippen molar-refractivity contribution in [1.29, 1.82) is 0 Å². The van der Waals surface area contributed by atoms with E-state index in [9.17, 15) is 9.90 Å². The Labute approximate surface area is 198 Å². The first-order chi connectivity index (χ1) is 15.5. The SMILES string of the molecule is CC.CNc1ccc(Br)cc1C(=O)O.OC#Cc1cccc(C(O)C2=CCCCC=C2)c1. The van der Waals surface area contributed by atoms with Gasteiger partial charge in [-0.2, -0.15) is 0 Å². The fourth-order valence-electron chi connectivity index (χ4n) is 2.95. The molecule has 0 heterocycles. The lowest BCUT2D eigenvalue weighted by Gasteiger charge is -2.12. The summed E-state index contributed by atoms with van der Waals surface area (Å²) in [6.07, 6.45) is 10.6. The average Bonchev–Trinajstić information content (AvgIpc) is 3.10. The van der Waals surface area contributed by atoms with Gasteiger partial charge in [0.05, 0.1) is 5.56 Å². The van der Waals surface area contributed by atoms with Gasteiger partial charge in [-0.25, -0.2) is 4.79 Å². The van der Waals surface area contributed by atoms with Crippen molar-refractivity contribution in [3.63, 3.8) is 0 Å². The monoisotopic (exact) mass is 499 g/mol. The third-order valence-corrected chi connectivity index (χ3v) is 4.96. The number of halogens is 1. The van der Waals surface area contributed by atoms with Gasteiger partial charge in [-0.15, -0.1) is 0 Å². The molecule has 0 bridgehead atoms. The molecule has 0 amide bonds. The number of allylic oxidation sites excluding steroid dienone is 2. The van der Waals surface area contributed by atoms with Crippen LogP contribution < -0.4 is 5.32 Å². The van der Waals surface area contributed by atoms with E-state index >= 15 is 0 Å². The molecular weight excluding hydrogens is 470 g/mol. The third-order valence-electron chi connectivity index (χ3n) is 4.46. The predicted octanol–water partition coefficient (Wildman–Crippen LogP) is 6.28. The summed E-state index contributed by atoms with van der Waals surface area (Å²) in [5.74, 6) is 1.65. The number of nitrogens with one attached hydrogen (secondary N) is 1. The Balaban J connectivity index is 0.000000318. The van der Waals surface area contributed by atoms with Crippen LogP contribution in [0.3, 0.4) is 0 Å². The first-order valence-corrected chi connectivity index (χ1v) is 11.3. The van der Waals surface area contributed by atoms with Crippen LogP contribution in [0.1, 0.15) is 60.7 Å². The van der Waals surface area contributed by atoms with E-state index in [1.807, 2.05) is 38.2 Å². The molecule has 5 nitrogen and oxygen atoms in total. The molecule has 0 aromatic heterocycles. The van der Waals surface area contributed by atoms with E-state index < -0.39 is 12.1 Å². The summed E-state index contributed by atoms with van der Waals surface area (Å²) in [6, 6.07) is 12.4. The standard InChI is InChI=1S/C16H16O2.C8H8BrNO2.C2H6/c17-11-10-13-6-5-9-15(12-13)16(18)14-7-3-1-2-4-8-14;1-10-7-3-2-5(9)4-6(7)8(11)12;1-2/h3,5-9,12,16-18H,1-2,4H2;2-4,10H,1H3,(H,11,12);1-2H3. The van der Waals surface area contributed by atoms with Gasteiger partial charge in [-0.1, -0.05) is 60.1 Å². The number of anilines is 1. The summed E-state index contributed by atoms with van der Waals surface area (Å²) < 4.78 is 0.763. The highest BCUT2D eigenvalue weighted by atomic mass is 79.9. The summed E-state index contributed by atoms with van der Waals surface area (Å²) in [5.41, 5.74) is 3.32. The second-order valence-corrected chi connectivity index (χ2v) is 7.46. The van der Waals surface area contributed by atoms with Gasteiger partial charge in [-0.05, 0) is 66.7 Å². The zero-order chi connectivity index (χ0) is 23.9. The normalized spacial score (nSPS) is 12.8. The quantitative estimate of drug-likeness (QED) is 0.371. The molecule has 6 heteroatoms. The molecule has 0 aliphatic heterocycles. The molecule has 4 N–H and O–H groups in total. The lowest BCUT2D eigenvalue weighted by atomic mass is 9.99. The van der Waals surface area contributed by atoms with Crippen molar-refractivity contribution in [2.45, 2.75) is 39.2 Å². The first kappa shape index (κ1) is 27.0. The minimum atomic E-state index is -0.930. The topological polar surface area (TPSA) is 89.8 Å². The van der Waals surface area contributed by atoms with Gasteiger partial charge in [0, 0.05) is 22.8 Å². The highest BCUT2D eigenvalue weighted by molar-refractivity contribution is 9.10. The van der Waals surface area contributed by atoms with Crippen molar-refractivity contribution in [3.8, 4) is 12.0 Å². The summed E-state index contributed by atoms with van der Waals surface area (Å²) in [7, 11) is 1.69. The van der Waals surface area contributed by atoms with Gasteiger partial charge in [0.15, 0.2) is 0 Å². The van der Waals surface area contributed by atoms with Crippen molar-refractivity contribution in [2.75, 3.05) is 12.4 Å². The van der Waals surface area contributed by atoms with Gasteiger partial charge < -0.3 is 20.6 Å². The fourth-order valence-corrected chi connectivity index (χ4v) is 3.31. The van der Waals surface area contributed by atoms with Gasteiger partial charge in [0.1, 0.15) is 12.2 Å². The molecule has 1 unspecified atom stereocenters. The fraction of sp³-hybridized carbons (Fsp3) is 0.269. The smallest absolute Gasteiger partial charge is 0.337 e. The lowest BCUT2D eigenvalue weighted by Crippen LogP contribution is -2.02. The molecule has 0 fully saturated rings. The number of benzene rings is 2. The second-order valence-electron chi connectivity index (χ2n) is 6.55. The molecule has 1 aliphatic rings. The molecule has 3 rings (SSSR count). The zero-order valence-electron chi connectivity index (χ0n) is 18.6. The number of carbonyl (C=O) groups is 1. The van der Waals surface area contributed by atoms with Crippen LogP contribution in [0.4, 0.5) is 5.69 Å². The number of hydrogen-bond acceptors (Lipinski definition) is 4. The number of aliphatic hydroxyl groups excluding tert-OH is 2. The summed E-state index contributed by atoms with van der Waals surface area (Å²) in [6.45, 7) is 4.00. The zero-order valence-corrected chi connectivity index (χ0v) is 20.2. The highest BCUT2D eigenvalue weighted by Gasteiger charge is 2.12. The van der Waals surface area contributed by atoms with Crippen molar-refractivity contribution in [1.82, 2.24) is 0 Å². The Kier molecular flexibility index (Phi) is 12.6. The van der Waals surface area contributed by atoms with Crippen LogP contribution in [0, 0.1) is 12.0 Å². The predicted molar refractivity (Wildman–Crippen MR) is 133 cm³/mol. The van der Waals surface area contributed by atoms with Gasteiger partial charge in [0.2, 0.25) is 0 Å². The van der Waals surface area contributed by atoms with Crippen LogP contribution in [-0.4, -0.2) is 28.3 Å². The molecule has 2 aromatic carbocycles. The van der Waals surface area contributed by atoms with Crippen LogP contribution >= 0.6 is 15.9 Å². The first-order valence-electron chi connectivity index (χ1n) is 10.5. The third kappa shape index (κ3) is 8.62. The Morgan fingerprint density at radius 3 is 2.56 bits per heavy atom. The second kappa shape index (κ2) is 14.9. The molecule has 1 aliphatic carbocycles. The maximum Gasteiger partial charge on any atom is 0.337 e. The molecular formula is C26H30BrNO4. The maximum absolute atomic E-state index is 10.7. The van der Waals surface area contributed by atoms with E-state index in [4.69, 9.17) is 10.2 Å². The van der Waals surface area contributed by atoms with E-state index in [2.05, 4.69) is 39.3 Å². The van der Waals surface area contributed by atoms with Crippen molar-refractivity contribution >= 4 is 27.6 Å². The van der Waals surface area contributed by atoms with E-state index in [0.717, 1.165) is 34.9 Å². The molecule has 0 saturated carbocycles. The number of rotatable bonds is 4. The minimum absolute atomic E-state index is 0.270. The summed E-state index contributed by atoms with van der Waals surface area (Å²) in [4.78, 5) is 10.7. The minimum Gasteiger partial charge on any atom is -0.478 e. The van der Waals surface area contributed by atoms with Gasteiger partial charge in [0.25, 0.3) is 0 Å². The van der Waals surface area contributed by atoms with Crippen molar-refractivity contribution in [3.05, 3.63) is 87.4 Å². The number of carboxylic acids is 1. The lowest BCUT2D eigenvalue weighted by molar-refractivity contribution is 0.0698. The molecule has 0 saturated heterocycles. The molecule has 32 heavy (non-hydrogen) atoms. The number of hydrogen-bond donors (Lipinski definition) is 4. The Bertz CT molecular complexity index is 1000. The summed E-state index contributed by atoms with van der Waals surface area (Å²) in [5, 5.41) is 30.5. The molecule has 1 atom stereocenters. The highest BCUT2D eigenvalue weighted by Crippen LogP contribution is 2.26. The maximum atomic E-state index is 10.7. The Morgan fingerprint density at radius 2 is 1.91 bits per heavy atom. The molecule has 0 spiro atoms. The van der Waals surface area contributed by atoms with Gasteiger partial charge in [-0.3, -0.25) is 0 Å². The number of carboxylic acid groups (broad SMARTS) is 1. The van der Waals surface area contributed by atoms with Crippen molar-refractivity contribution < 1.29 is 20.1 Å². The van der Waals surface area contributed by atoms with E-state index in [1.165, 1.54) is 0 Å². The van der Waals surface area contributed by atoms with E-state index in [-0.39, 0.29) is 5.56 Å². The molecule has 2 aromatic rings. The van der Waals surface area contributed by atoms with Crippen LogP contribution in [0.5, 0.6) is 0 Å². The van der Waals surface area contributed by atoms with Crippen LogP contribution in [-0.2, 0) is 0 Å². The largest absolute Gasteiger partial charge is 0.478 e. The van der Waals surface area contributed by atoms with Crippen LogP contribution in [0.25, 0.3) is 0 Å². The average molecular weight is 500 g/mol. The van der Waals surface area contributed by atoms with Crippen molar-refractivity contribution in [2.24, 2.45) is 0 Å². The molecule has 0 radical (unpaired) electrons. The Morgan fingerprint density at radius 1 is 1.16 bits per heavy atom. The van der Waals surface area contributed by atoms with Gasteiger partial charge >= 0.3 is 5.97 Å². The number of aliphatic hydroxyl groups is 2. The summed E-state index contributed by atoms with van der Waals surface area (Å²) >= 11 is 3.20. The van der Waals surface area contributed by atoms with Crippen LogP contribution in [0.2, 0.25) is 0 Å². The van der Waals surface area contributed by atoms with Crippen LogP contribution in [0.15, 0.2) is 70.7 Å². The number of aromatic carboxylic acids is 1. The Hall–Kier alpha value is -3.01.